The molecular weight excluding hydrogens is 370 g/mol. The van der Waals surface area contributed by atoms with Gasteiger partial charge in [-0.15, -0.1) is 0 Å². The zero-order chi connectivity index (χ0) is 18.5. The number of carbonyl (C=O) groups is 2. The number of thioether (sulfide) groups is 2. The predicted molar refractivity (Wildman–Crippen MR) is 104 cm³/mol. The average molecular weight is 390 g/mol. The minimum absolute atomic E-state index is 0.185. The van der Waals surface area contributed by atoms with Gasteiger partial charge in [0.1, 0.15) is 0 Å². The van der Waals surface area contributed by atoms with E-state index in [0.717, 1.165) is 17.9 Å². The maximum Gasteiger partial charge on any atom is 0.261 e. The van der Waals surface area contributed by atoms with Crippen molar-refractivity contribution in [3.05, 3.63) is 57.5 Å². The van der Waals surface area contributed by atoms with Crippen molar-refractivity contribution in [1.82, 2.24) is 14.9 Å². The Hall–Kier alpha value is -2.06. The number of imide groups is 1. The molecule has 6 nitrogen and oxygen atoms in total. The lowest BCUT2D eigenvalue weighted by Gasteiger charge is -2.13. The third-order valence-corrected chi connectivity index (χ3v) is 5.85. The van der Waals surface area contributed by atoms with Crippen LogP contribution in [0.2, 0.25) is 0 Å². The second-order valence-electron chi connectivity index (χ2n) is 5.75. The van der Waals surface area contributed by atoms with Crippen LogP contribution in [-0.4, -0.2) is 44.7 Å². The summed E-state index contributed by atoms with van der Waals surface area (Å²) in [5.74, 6) is 1.66. The number of rotatable bonds is 8. The van der Waals surface area contributed by atoms with Gasteiger partial charge in [-0.3, -0.25) is 19.3 Å². The molecule has 26 heavy (non-hydrogen) atoms. The molecule has 2 aromatic rings. The third kappa shape index (κ3) is 4.19. The van der Waals surface area contributed by atoms with Crippen LogP contribution in [0.15, 0.2) is 40.3 Å². The first kappa shape index (κ1) is 18.7. The summed E-state index contributed by atoms with van der Waals surface area (Å²) in [5, 5.41) is 0.515. The highest BCUT2D eigenvalue weighted by Gasteiger charge is 2.34. The van der Waals surface area contributed by atoms with Gasteiger partial charge < -0.3 is 4.98 Å². The number of aromatic amines is 1. The lowest BCUT2D eigenvalue weighted by molar-refractivity contribution is 0.0664. The van der Waals surface area contributed by atoms with Crippen LogP contribution in [-0.2, 0) is 5.75 Å². The van der Waals surface area contributed by atoms with Crippen molar-refractivity contribution in [3.63, 3.8) is 0 Å². The maximum atomic E-state index is 12.3. The number of H-pyrrole nitrogens is 1. The monoisotopic (exact) mass is 389 g/mol. The summed E-state index contributed by atoms with van der Waals surface area (Å²) < 4.78 is 0. The van der Waals surface area contributed by atoms with Crippen LogP contribution in [0.1, 0.15) is 39.8 Å². The highest BCUT2D eigenvalue weighted by atomic mass is 32.2. The molecule has 0 spiro atoms. The molecule has 3 rings (SSSR count). The molecule has 1 aliphatic rings. The van der Waals surface area contributed by atoms with E-state index in [1.807, 2.05) is 0 Å². The molecule has 8 heteroatoms. The van der Waals surface area contributed by atoms with E-state index in [1.54, 1.807) is 36.0 Å². The normalized spacial score (nSPS) is 13.3. The summed E-state index contributed by atoms with van der Waals surface area (Å²) in [6.07, 6.45) is 1.08. The molecule has 0 bridgehead atoms. The molecule has 0 unspecified atom stereocenters. The summed E-state index contributed by atoms with van der Waals surface area (Å²) in [7, 11) is 0. The van der Waals surface area contributed by atoms with Crippen molar-refractivity contribution >= 4 is 35.3 Å². The fourth-order valence-corrected chi connectivity index (χ4v) is 4.23. The summed E-state index contributed by atoms with van der Waals surface area (Å²) in [4.78, 5) is 44.8. The van der Waals surface area contributed by atoms with Gasteiger partial charge in [0, 0.05) is 24.1 Å². The van der Waals surface area contributed by atoms with E-state index in [-0.39, 0.29) is 23.9 Å². The molecule has 1 aromatic carbocycles. The lowest BCUT2D eigenvalue weighted by Crippen LogP contribution is -2.31. The minimum Gasteiger partial charge on any atom is -0.301 e. The van der Waals surface area contributed by atoms with Gasteiger partial charge in [-0.1, -0.05) is 30.8 Å². The molecule has 0 aliphatic carbocycles. The van der Waals surface area contributed by atoms with Gasteiger partial charge in [0.15, 0.2) is 5.16 Å². The Bertz CT molecular complexity index is 847. The smallest absolute Gasteiger partial charge is 0.261 e. The van der Waals surface area contributed by atoms with Crippen molar-refractivity contribution in [2.45, 2.75) is 24.3 Å². The number of benzene rings is 1. The predicted octanol–water partition coefficient (Wildman–Crippen LogP) is 2.80. The van der Waals surface area contributed by atoms with E-state index in [4.69, 9.17) is 0 Å². The van der Waals surface area contributed by atoms with E-state index in [9.17, 15) is 14.4 Å². The molecule has 0 atom stereocenters. The van der Waals surface area contributed by atoms with Gasteiger partial charge in [0.25, 0.3) is 17.4 Å². The molecule has 2 heterocycles. The number of fused-ring (bicyclic) bond motifs is 1. The number of amides is 2. The fourth-order valence-electron chi connectivity index (χ4n) is 2.62. The maximum absolute atomic E-state index is 12.3. The third-order valence-electron chi connectivity index (χ3n) is 3.80. The Morgan fingerprint density at radius 1 is 1.08 bits per heavy atom. The van der Waals surface area contributed by atoms with Gasteiger partial charge in [-0.05, 0) is 24.3 Å². The number of nitrogens with zero attached hydrogens (tertiary/aromatic N) is 2. The van der Waals surface area contributed by atoms with Crippen LogP contribution in [0.3, 0.4) is 0 Å². The summed E-state index contributed by atoms with van der Waals surface area (Å²) in [5.41, 5.74) is 1.46. The van der Waals surface area contributed by atoms with Gasteiger partial charge >= 0.3 is 0 Å². The van der Waals surface area contributed by atoms with Gasteiger partial charge in [-0.2, -0.15) is 11.8 Å². The van der Waals surface area contributed by atoms with E-state index in [2.05, 4.69) is 16.9 Å². The number of nitrogens with one attached hydrogen (secondary N) is 1. The minimum atomic E-state index is -0.266. The number of hydrogen-bond donors (Lipinski definition) is 1. The number of hydrogen-bond acceptors (Lipinski definition) is 6. The fraction of sp³-hybridized carbons (Fsp3) is 0.333. The molecule has 1 N–H and O–H groups in total. The second kappa shape index (κ2) is 8.55. The number of aromatic nitrogens is 2. The first-order chi connectivity index (χ1) is 12.6. The van der Waals surface area contributed by atoms with Crippen molar-refractivity contribution < 1.29 is 9.59 Å². The average Bonchev–Trinajstić information content (AvgIpc) is 2.87. The van der Waals surface area contributed by atoms with Crippen molar-refractivity contribution in [1.29, 1.82) is 0 Å². The van der Waals surface area contributed by atoms with Crippen molar-refractivity contribution in [2.24, 2.45) is 0 Å². The van der Waals surface area contributed by atoms with Crippen molar-refractivity contribution in [2.75, 3.05) is 18.1 Å². The molecule has 136 valence electrons. The molecule has 0 saturated carbocycles. The van der Waals surface area contributed by atoms with E-state index >= 15 is 0 Å². The van der Waals surface area contributed by atoms with E-state index < -0.39 is 0 Å². The molecular formula is C18H19N3O3S2. The topological polar surface area (TPSA) is 83.1 Å². The Kier molecular flexibility index (Phi) is 6.16. The molecule has 0 radical (unpaired) electrons. The number of carbonyl (C=O) groups excluding carboxylic acids is 2. The molecule has 2 amide bonds. The SMILES string of the molecule is CCCSCc1cc(=O)[nH]c(SCCN2C(=O)c3ccccc3C2=O)n1. The van der Waals surface area contributed by atoms with Crippen molar-refractivity contribution in [3.8, 4) is 0 Å². The lowest BCUT2D eigenvalue weighted by atomic mass is 10.1. The van der Waals surface area contributed by atoms with Crippen LogP contribution in [0.4, 0.5) is 0 Å². The Morgan fingerprint density at radius 2 is 1.77 bits per heavy atom. The van der Waals surface area contributed by atoms with Gasteiger partial charge in [-0.25, -0.2) is 4.98 Å². The molecule has 0 saturated heterocycles. The van der Waals surface area contributed by atoms with Crippen LogP contribution < -0.4 is 5.56 Å². The zero-order valence-corrected chi connectivity index (χ0v) is 16.0. The highest BCUT2D eigenvalue weighted by Crippen LogP contribution is 2.23. The van der Waals surface area contributed by atoms with Crippen LogP contribution >= 0.6 is 23.5 Å². The quantitative estimate of drug-likeness (QED) is 0.323. The van der Waals surface area contributed by atoms with E-state index in [0.29, 0.717) is 27.8 Å². The van der Waals surface area contributed by atoms with Crippen LogP contribution in [0.25, 0.3) is 0 Å². The standard InChI is InChI=1S/C18H19N3O3S2/c1-2-8-25-11-12-10-15(22)20-18(19-12)26-9-7-21-16(23)13-5-3-4-6-14(13)17(21)24/h3-6,10H,2,7-9,11H2,1H3,(H,19,20,22). The van der Waals surface area contributed by atoms with Gasteiger partial charge in [0.2, 0.25) is 0 Å². The van der Waals surface area contributed by atoms with E-state index in [1.165, 1.54) is 22.7 Å². The summed E-state index contributed by atoms with van der Waals surface area (Å²) in [6, 6.07) is 8.34. The van der Waals surface area contributed by atoms with Crippen LogP contribution in [0.5, 0.6) is 0 Å². The molecule has 0 fully saturated rings. The largest absolute Gasteiger partial charge is 0.301 e. The van der Waals surface area contributed by atoms with Gasteiger partial charge in [0.05, 0.1) is 16.8 Å². The zero-order valence-electron chi connectivity index (χ0n) is 14.4. The summed E-state index contributed by atoms with van der Waals surface area (Å²) in [6.45, 7) is 2.38. The first-order valence-corrected chi connectivity index (χ1v) is 10.5. The highest BCUT2D eigenvalue weighted by molar-refractivity contribution is 7.99. The van der Waals surface area contributed by atoms with Crippen LogP contribution in [0, 0.1) is 0 Å². The molecule has 1 aliphatic heterocycles. The Balaban J connectivity index is 1.60. The molecule has 1 aromatic heterocycles. The Labute approximate surface area is 159 Å². The summed E-state index contributed by atoms with van der Waals surface area (Å²) >= 11 is 3.08. The second-order valence-corrected chi connectivity index (χ2v) is 7.94. The first-order valence-electron chi connectivity index (χ1n) is 8.36. The Morgan fingerprint density at radius 3 is 2.42 bits per heavy atom.